The lowest BCUT2D eigenvalue weighted by Crippen LogP contribution is -2.07. The number of carbonyl (C=O) groups excluding carboxylic acids is 1. The summed E-state index contributed by atoms with van der Waals surface area (Å²) >= 11 is 9.56. The van der Waals surface area contributed by atoms with Gasteiger partial charge in [-0.25, -0.2) is 4.98 Å². The number of esters is 1. The summed E-state index contributed by atoms with van der Waals surface area (Å²) in [6, 6.07) is 5.66. The zero-order valence-electron chi connectivity index (χ0n) is 11.7. The molecule has 0 aliphatic rings. The normalized spacial score (nSPS) is 10.9. The molecule has 5 nitrogen and oxygen atoms in total. The molecule has 0 fully saturated rings. The molecule has 0 saturated carbocycles. The van der Waals surface area contributed by atoms with E-state index in [1.54, 1.807) is 18.5 Å². The molecule has 0 saturated heterocycles. The number of hydrogen-bond acceptors (Lipinski definition) is 6. The topological polar surface area (TPSA) is 63.6 Å². The summed E-state index contributed by atoms with van der Waals surface area (Å²) in [6.45, 7) is 2.15. The molecule has 0 unspecified atom stereocenters. The molecular weight excluding hydrogens is 437 g/mol. The molecule has 1 heterocycles. The number of hydrogen-bond donors (Lipinski definition) is 1. The molecule has 8 heteroatoms. The van der Waals surface area contributed by atoms with Crippen LogP contribution >= 0.6 is 45.5 Å². The van der Waals surface area contributed by atoms with Gasteiger partial charge in [0.15, 0.2) is 0 Å². The first-order chi connectivity index (χ1) is 10.6. The van der Waals surface area contributed by atoms with Crippen molar-refractivity contribution in [2.75, 3.05) is 12.0 Å². The van der Waals surface area contributed by atoms with Crippen LogP contribution < -0.4 is 5.43 Å². The minimum atomic E-state index is -0.281. The van der Waals surface area contributed by atoms with Gasteiger partial charge >= 0.3 is 5.97 Å². The molecule has 0 spiro atoms. The van der Waals surface area contributed by atoms with E-state index in [9.17, 15) is 4.79 Å². The molecule has 2 rings (SSSR count). The van der Waals surface area contributed by atoms with Gasteiger partial charge in [0.25, 0.3) is 0 Å². The molecule has 1 aromatic carbocycles. The van der Waals surface area contributed by atoms with Crippen LogP contribution in [0.5, 0.6) is 0 Å². The fourth-order valence-electron chi connectivity index (χ4n) is 1.61. The van der Waals surface area contributed by atoms with E-state index in [1.807, 2.05) is 18.2 Å². The van der Waals surface area contributed by atoms with Crippen LogP contribution in [-0.4, -0.2) is 23.8 Å². The van der Waals surface area contributed by atoms with Crippen LogP contribution in [0.25, 0.3) is 0 Å². The molecular formula is C14H13ClIN3O2S. The quantitative estimate of drug-likeness (QED) is 0.314. The molecule has 1 N–H and O–H groups in total. The number of nitrogens with zero attached hydrogens (tertiary/aromatic N) is 2. The summed E-state index contributed by atoms with van der Waals surface area (Å²) in [4.78, 5) is 15.6. The fraction of sp³-hybridized carbons (Fsp3) is 0.214. The maximum absolute atomic E-state index is 11.4. The number of halogens is 2. The molecule has 0 aliphatic heterocycles. The second-order valence-electron chi connectivity index (χ2n) is 4.20. The average molecular weight is 450 g/mol. The first-order valence-electron chi connectivity index (χ1n) is 6.42. The predicted octanol–water partition coefficient (Wildman–Crippen LogP) is 3.95. The Balaban J connectivity index is 1.93. The number of ether oxygens (including phenoxy) is 1. The smallest absolute Gasteiger partial charge is 0.311 e. The van der Waals surface area contributed by atoms with Gasteiger partial charge in [0.05, 0.1) is 24.9 Å². The third-order valence-electron chi connectivity index (χ3n) is 2.44. The Labute approximate surface area is 150 Å². The van der Waals surface area contributed by atoms with Crippen LogP contribution in [0.4, 0.5) is 5.13 Å². The number of rotatable bonds is 6. The lowest BCUT2D eigenvalue weighted by Gasteiger charge is -1.98. The van der Waals surface area contributed by atoms with E-state index in [0.29, 0.717) is 22.5 Å². The van der Waals surface area contributed by atoms with Crippen molar-refractivity contribution in [2.24, 2.45) is 5.10 Å². The van der Waals surface area contributed by atoms with Crippen molar-refractivity contribution < 1.29 is 9.53 Å². The maximum Gasteiger partial charge on any atom is 0.311 e. The van der Waals surface area contributed by atoms with Crippen LogP contribution in [0.3, 0.4) is 0 Å². The second-order valence-corrected chi connectivity index (χ2v) is 6.74. The van der Waals surface area contributed by atoms with Gasteiger partial charge in [-0.05, 0) is 53.3 Å². The Morgan fingerprint density at radius 2 is 2.36 bits per heavy atom. The van der Waals surface area contributed by atoms with Crippen LogP contribution in [0, 0.1) is 3.57 Å². The van der Waals surface area contributed by atoms with E-state index >= 15 is 0 Å². The summed E-state index contributed by atoms with van der Waals surface area (Å²) in [6.07, 6.45) is 1.84. The van der Waals surface area contributed by atoms with E-state index in [4.69, 9.17) is 16.3 Å². The number of carbonyl (C=O) groups is 1. The maximum atomic E-state index is 11.4. The van der Waals surface area contributed by atoms with Crippen LogP contribution in [0.2, 0.25) is 5.02 Å². The summed E-state index contributed by atoms with van der Waals surface area (Å²) in [5.41, 5.74) is 4.40. The number of benzene rings is 1. The van der Waals surface area contributed by atoms with Gasteiger partial charge in [-0.3, -0.25) is 10.2 Å². The van der Waals surface area contributed by atoms with Crippen LogP contribution in [-0.2, 0) is 16.0 Å². The lowest BCUT2D eigenvalue weighted by atomic mass is 10.2. The van der Waals surface area contributed by atoms with Crippen molar-refractivity contribution >= 4 is 62.8 Å². The van der Waals surface area contributed by atoms with Crippen molar-refractivity contribution in [3.05, 3.63) is 43.4 Å². The summed E-state index contributed by atoms with van der Waals surface area (Å²) in [5.74, 6) is -0.281. The molecule has 1 aromatic heterocycles. The highest BCUT2D eigenvalue weighted by molar-refractivity contribution is 14.1. The molecule has 116 valence electrons. The van der Waals surface area contributed by atoms with E-state index in [0.717, 1.165) is 9.13 Å². The summed E-state index contributed by atoms with van der Waals surface area (Å²) in [5, 5.41) is 7.20. The van der Waals surface area contributed by atoms with E-state index in [-0.39, 0.29) is 12.4 Å². The van der Waals surface area contributed by atoms with E-state index in [1.165, 1.54) is 11.3 Å². The third-order valence-corrected chi connectivity index (χ3v) is 4.08. The van der Waals surface area contributed by atoms with Gasteiger partial charge in [-0.1, -0.05) is 11.6 Å². The Bertz CT molecular complexity index is 670. The Morgan fingerprint density at radius 3 is 3.09 bits per heavy atom. The number of aromatic nitrogens is 1. The molecule has 22 heavy (non-hydrogen) atoms. The monoisotopic (exact) mass is 449 g/mol. The van der Waals surface area contributed by atoms with Gasteiger partial charge in [0.2, 0.25) is 5.13 Å². The molecule has 0 atom stereocenters. The van der Waals surface area contributed by atoms with E-state index in [2.05, 4.69) is 38.1 Å². The highest BCUT2D eigenvalue weighted by Gasteiger charge is 2.07. The van der Waals surface area contributed by atoms with Crippen LogP contribution in [0.1, 0.15) is 18.2 Å². The molecule has 0 aliphatic carbocycles. The highest BCUT2D eigenvalue weighted by atomic mass is 127. The fourth-order valence-corrected chi connectivity index (χ4v) is 3.39. The number of nitrogens with one attached hydrogen (secondary N) is 1. The Kier molecular flexibility index (Phi) is 6.59. The molecule has 0 radical (unpaired) electrons. The predicted molar refractivity (Wildman–Crippen MR) is 97.8 cm³/mol. The van der Waals surface area contributed by atoms with Gasteiger partial charge in [-0.2, -0.15) is 5.10 Å². The molecule has 0 bridgehead atoms. The van der Waals surface area contributed by atoms with Gasteiger partial charge in [0.1, 0.15) is 0 Å². The molecule has 0 amide bonds. The Hall–Kier alpha value is -1.19. The Morgan fingerprint density at radius 1 is 1.55 bits per heavy atom. The third kappa shape index (κ3) is 5.54. The largest absolute Gasteiger partial charge is 0.466 e. The van der Waals surface area contributed by atoms with Crippen molar-refractivity contribution in [3.63, 3.8) is 0 Å². The van der Waals surface area contributed by atoms with Crippen molar-refractivity contribution in [3.8, 4) is 0 Å². The first kappa shape index (κ1) is 17.2. The number of hydrazone groups is 1. The number of thiazole rings is 1. The van der Waals surface area contributed by atoms with Gasteiger partial charge in [0, 0.05) is 14.0 Å². The molecule has 2 aromatic rings. The minimum Gasteiger partial charge on any atom is -0.466 e. The van der Waals surface area contributed by atoms with Gasteiger partial charge in [-0.15, -0.1) is 11.3 Å². The average Bonchev–Trinajstić information content (AvgIpc) is 2.85. The van der Waals surface area contributed by atoms with Crippen molar-refractivity contribution in [1.29, 1.82) is 0 Å². The standard InChI is InChI=1S/C14H13ClIN3O2S/c1-2-21-13(20)6-12-8-22-14(18-12)19-17-7-9-3-10(15)5-11(16)4-9/h3-5,7-8H,2,6H2,1H3,(H,18,19). The zero-order valence-corrected chi connectivity index (χ0v) is 15.4. The van der Waals surface area contributed by atoms with Gasteiger partial charge < -0.3 is 4.74 Å². The first-order valence-corrected chi connectivity index (χ1v) is 8.75. The number of anilines is 1. The van der Waals surface area contributed by atoms with Crippen molar-refractivity contribution in [2.45, 2.75) is 13.3 Å². The summed E-state index contributed by atoms with van der Waals surface area (Å²) in [7, 11) is 0. The summed E-state index contributed by atoms with van der Waals surface area (Å²) < 4.78 is 5.92. The zero-order chi connectivity index (χ0) is 15.9. The second kappa shape index (κ2) is 8.44. The minimum absolute atomic E-state index is 0.169. The van der Waals surface area contributed by atoms with Crippen molar-refractivity contribution in [1.82, 2.24) is 4.98 Å². The SMILES string of the molecule is CCOC(=O)Cc1csc(NN=Cc2cc(Cl)cc(I)c2)n1. The van der Waals surface area contributed by atoms with Crippen LogP contribution in [0.15, 0.2) is 28.7 Å². The lowest BCUT2D eigenvalue weighted by molar-refractivity contribution is -0.142. The van der Waals surface area contributed by atoms with E-state index < -0.39 is 0 Å². The highest BCUT2D eigenvalue weighted by Crippen LogP contribution is 2.17.